The van der Waals surface area contributed by atoms with E-state index in [0.717, 1.165) is 18.8 Å². The summed E-state index contributed by atoms with van der Waals surface area (Å²) in [6.07, 6.45) is 3.76. The van der Waals surface area contributed by atoms with E-state index in [9.17, 15) is 0 Å². The van der Waals surface area contributed by atoms with Gasteiger partial charge in [-0.3, -0.25) is 0 Å². The van der Waals surface area contributed by atoms with Gasteiger partial charge in [0.25, 0.3) is 0 Å². The molecule has 0 spiro atoms. The fourth-order valence-electron chi connectivity index (χ4n) is 2.10. The molecular formula is C12H20N4OS. The van der Waals surface area contributed by atoms with Crippen molar-refractivity contribution in [2.45, 2.75) is 44.0 Å². The normalized spacial score (nSPS) is 24.5. The van der Waals surface area contributed by atoms with Crippen LogP contribution in [-0.4, -0.2) is 40.3 Å². The number of hydrogen-bond donors (Lipinski definition) is 1. The highest BCUT2D eigenvalue weighted by atomic mass is 32.2. The van der Waals surface area contributed by atoms with Crippen LogP contribution in [0.5, 0.6) is 0 Å². The summed E-state index contributed by atoms with van der Waals surface area (Å²) in [6, 6.07) is 1.37. The van der Waals surface area contributed by atoms with Gasteiger partial charge in [0.1, 0.15) is 0 Å². The van der Waals surface area contributed by atoms with Crippen molar-refractivity contribution in [1.29, 1.82) is 0 Å². The highest BCUT2D eigenvalue weighted by molar-refractivity contribution is 8.00. The fourth-order valence-corrected chi connectivity index (χ4v) is 3.28. The van der Waals surface area contributed by atoms with E-state index in [1.807, 2.05) is 11.8 Å². The zero-order chi connectivity index (χ0) is 12.4. The van der Waals surface area contributed by atoms with E-state index in [1.165, 1.54) is 19.3 Å². The van der Waals surface area contributed by atoms with Gasteiger partial charge in [-0.05, 0) is 19.3 Å². The van der Waals surface area contributed by atoms with Crippen molar-refractivity contribution in [2.24, 2.45) is 0 Å². The zero-order valence-electron chi connectivity index (χ0n) is 10.8. The minimum atomic E-state index is 0.677. The highest BCUT2D eigenvalue weighted by Gasteiger charge is 2.24. The standard InChI is InChI=1S/C12H20N4OS/c1-2-10-8-16(5-6-18-10)12-15-14-11(17-12)7-13-9-3-4-9/h9-10,13H,2-8H2,1H3. The Hall–Kier alpha value is -0.750. The van der Waals surface area contributed by atoms with Gasteiger partial charge in [-0.15, -0.1) is 5.10 Å². The van der Waals surface area contributed by atoms with Gasteiger partial charge in [0.05, 0.1) is 6.54 Å². The number of aromatic nitrogens is 2. The molecule has 1 aliphatic heterocycles. The number of anilines is 1. The molecule has 1 N–H and O–H groups in total. The third-order valence-electron chi connectivity index (χ3n) is 3.44. The van der Waals surface area contributed by atoms with Crippen molar-refractivity contribution in [3.05, 3.63) is 5.89 Å². The average Bonchev–Trinajstić information content (AvgIpc) is 3.13. The molecule has 1 saturated heterocycles. The number of thioether (sulfide) groups is 1. The quantitative estimate of drug-likeness (QED) is 0.876. The van der Waals surface area contributed by atoms with Crippen molar-refractivity contribution in [3.8, 4) is 0 Å². The lowest BCUT2D eigenvalue weighted by atomic mass is 10.3. The molecular weight excluding hydrogens is 248 g/mol. The molecule has 3 rings (SSSR count). The van der Waals surface area contributed by atoms with Crippen LogP contribution in [0.1, 0.15) is 32.1 Å². The van der Waals surface area contributed by atoms with E-state index in [-0.39, 0.29) is 0 Å². The minimum absolute atomic E-state index is 0.677. The molecule has 5 nitrogen and oxygen atoms in total. The van der Waals surface area contributed by atoms with Crippen molar-refractivity contribution in [3.63, 3.8) is 0 Å². The summed E-state index contributed by atoms with van der Waals surface area (Å²) in [5.41, 5.74) is 0. The summed E-state index contributed by atoms with van der Waals surface area (Å²) < 4.78 is 5.73. The molecule has 0 bridgehead atoms. The molecule has 2 aliphatic rings. The third-order valence-corrected chi connectivity index (χ3v) is 4.81. The lowest BCUT2D eigenvalue weighted by Crippen LogP contribution is -2.37. The van der Waals surface area contributed by atoms with Gasteiger partial charge in [-0.1, -0.05) is 12.0 Å². The largest absolute Gasteiger partial charge is 0.407 e. The number of hydrogen-bond acceptors (Lipinski definition) is 6. The molecule has 0 radical (unpaired) electrons. The molecule has 18 heavy (non-hydrogen) atoms. The SMILES string of the molecule is CCC1CN(c2nnc(CNC3CC3)o2)CCS1. The van der Waals surface area contributed by atoms with Crippen LogP contribution >= 0.6 is 11.8 Å². The maximum atomic E-state index is 5.73. The van der Waals surface area contributed by atoms with Gasteiger partial charge in [0.2, 0.25) is 5.89 Å². The Morgan fingerprint density at radius 3 is 3.11 bits per heavy atom. The second kappa shape index (κ2) is 5.48. The van der Waals surface area contributed by atoms with Gasteiger partial charge in [0, 0.05) is 30.1 Å². The topological polar surface area (TPSA) is 54.2 Å². The van der Waals surface area contributed by atoms with Crippen LogP contribution in [0.4, 0.5) is 6.01 Å². The predicted molar refractivity (Wildman–Crippen MR) is 72.9 cm³/mol. The molecule has 1 saturated carbocycles. The molecule has 1 atom stereocenters. The summed E-state index contributed by atoms with van der Waals surface area (Å²) in [6.45, 7) is 4.98. The van der Waals surface area contributed by atoms with Gasteiger partial charge in [-0.2, -0.15) is 11.8 Å². The first-order valence-corrected chi connectivity index (χ1v) is 7.82. The Kier molecular flexibility index (Phi) is 3.75. The Labute approximate surface area is 112 Å². The molecule has 1 unspecified atom stereocenters. The third kappa shape index (κ3) is 2.98. The first-order chi connectivity index (χ1) is 8.85. The fraction of sp³-hybridized carbons (Fsp3) is 0.833. The number of nitrogens with one attached hydrogen (secondary N) is 1. The number of rotatable bonds is 5. The van der Waals surface area contributed by atoms with Crippen LogP contribution in [0.3, 0.4) is 0 Å². The molecule has 0 amide bonds. The maximum Gasteiger partial charge on any atom is 0.318 e. The van der Waals surface area contributed by atoms with Crippen molar-refractivity contribution < 1.29 is 4.42 Å². The molecule has 1 aromatic rings. The summed E-state index contributed by atoms with van der Waals surface area (Å²) in [5, 5.41) is 12.4. The second-order valence-corrected chi connectivity index (χ2v) is 6.39. The van der Waals surface area contributed by atoms with Gasteiger partial charge < -0.3 is 14.6 Å². The molecule has 100 valence electrons. The lowest BCUT2D eigenvalue weighted by Gasteiger charge is -2.30. The number of nitrogens with zero attached hydrogens (tertiary/aromatic N) is 3. The predicted octanol–water partition coefficient (Wildman–Crippen LogP) is 1.65. The Balaban J connectivity index is 1.57. The summed E-state index contributed by atoms with van der Waals surface area (Å²) in [4.78, 5) is 2.22. The van der Waals surface area contributed by atoms with Crippen LogP contribution < -0.4 is 10.2 Å². The van der Waals surface area contributed by atoms with Crippen LogP contribution in [0.25, 0.3) is 0 Å². The summed E-state index contributed by atoms with van der Waals surface area (Å²) in [5.74, 6) is 1.86. The smallest absolute Gasteiger partial charge is 0.318 e. The Morgan fingerprint density at radius 1 is 1.44 bits per heavy atom. The van der Waals surface area contributed by atoms with E-state index in [1.54, 1.807) is 0 Å². The first-order valence-electron chi connectivity index (χ1n) is 6.77. The summed E-state index contributed by atoms with van der Waals surface area (Å²) in [7, 11) is 0. The van der Waals surface area contributed by atoms with E-state index in [2.05, 4.69) is 27.3 Å². The summed E-state index contributed by atoms with van der Waals surface area (Å²) >= 11 is 2.05. The molecule has 1 aromatic heterocycles. The molecule has 0 aromatic carbocycles. The van der Waals surface area contributed by atoms with Crippen molar-refractivity contribution >= 4 is 17.8 Å². The Bertz CT molecular complexity index is 393. The monoisotopic (exact) mass is 268 g/mol. The lowest BCUT2D eigenvalue weighted by molar-refractivity contribution is 0.459. The van der Waals surface area contributed by atoms with E-state index in [0.29, 0.717) is 29.7 Å². The van der Waals surface area contributed by atoms with E-state index < -0.39 is 0 Å². The van der Waals surface area contributed by atoms with E-state index in [4.69, 9.17) is 4.42 Å². The first kappa shape index (κ1) is 12.3. The zero-order valence-corrected chi connectivity index (χ0v) is 11.6. The molecule has 6 heteroatoms. The van der Waals surface area contributed by atoms with Crippen LogP contribution in [0, 0.1) is 0 Å². The highest BCUT2D eigenvalue weighted by Crippen LogP contribution is 2.25. The van der Waals surface area contributed by atoms with Crippen molar-refractivity contribution in [2.75, 3.05) is 23.7 Å². The molecule has 2 heterocycles. The van der Waals surface area contributed by atoms with Gasteiger partial charge in [0.15, 0.2) is 0 Å². The average molecular weight is 268 g/mol. The van der Waals surface area contributed by atoms with E-state index >= 15 is 0 Å². The van der Waals surface area contributed by atoms with Gasteiger partial charge in [-0.25, -0.2) is 0 Å². The second-order valence-electron chi connectivity index (χ2n) is 4.98. The van der Waals surface area contributed by atoms with Gasteiger partial charge >= 0.3 is 6.01 Å². The molecule has 2 fully saturated rings. The van der Waals surface area contributed by atoms with Crippen LogP contribution in [-0.2, 0) is 6.54 Å². The molecule has 1 aliphatic carbocycles. The Morgan fingerprint density at radius 2 is 2.33 bits per heavy atom. The van der Waals surface area contributed by atoms with Crippen LogP contribution in [0.15, 0.2) is 4.42 Å². The minimum Gasteiger partial charge on any atom is -0.407 e. The van der Waals surface area contributed by atoms with Crippen molar-refractivity contribution in [1.82, 2.24) is 15.5 Å². The van der Waals surface area contributed by atoms with Crippen LogP contribution in [0.2, 0.25) is 0 Å². The maximum absolute atomic E-state index is 5.73.